The van der Waals surface area contributed by atoms with Crippen LogP contribution in [0.1, 0.15) is 44.9 Å². The van der Waals surface area contributed by atoms with Crippen LogP contribution in [-0.2, 0) is 4.74 Å². The molecule has 0 radical (unpaired) electrons. The molecule has 0 aliphatic heterocycles. The van der Waals surface area contributed by atoms with E-state index in [9.17, 15) is 9.18 Å². The summed E-state index contributed by atoms with van der Waals surface area (Å²) in [5, 5.41) is 7.02. The van der Waals surface area contributed by atoms with E-state index in [1.165, 1.54) is 0 Å². The number of benzene rings is 2. The number of nitrogens with one attached hydrogen (secondary N) is 1. The molecule has 176 valence electrons. The minimum Gasteiger partial charge on any atom is -0.444 e. The average molecular weight is 565 g/mol. The summed E-state index contributed by atoms with van der Waals surface area (Å²) in [6, 6.07) is 16.6. The van der Waals surface area contributed by atoms with E-state index in [-0.39, 0.29) is 11.7 Å². The Balaban J connectivity index is 1.78. The molecule has 0 spiro atoms. The zero-order valence-corrected chi connectivity index (χ0v) is 21.8. The number of halogens is 2. The number of aromatic nitrogens is 1. The van der Waals surface area contributed by atoms with Gasteiger partial charge in [-0.2, -0.15) is 0 Å². The van der Waals surface area contributed by atoms with Crippen LogP contribution in [0.5, 0.6) is 0 Å². The van der Waals surface area contributed by atoms with Crippen molar-refractivity contribution in [3.63, 3.8) is 0 Å². The van der Waals surface area contributed by atoms with E-state index in [1.807, 2.05) is 89.2 Å². The van der Waals surface area contributed by atoms with Crippen LogP contribution in [0.4, 0.5) is 9.18 Å². The van der Waals surface area contributed by atoms with Gasteiger partial charge in [-0.05, 0) is 72.8 Å². The smallest absolute Gasteiger partial charge is 0.413 e. The molecule has 0 bridgehead atoms. The summed E-state index contributed by atoms with van der Waals surface area (Å²) in [5.74, 6) is -0.418. The van der Waals surface area contributed by atoms with Gasteiger partial charge in [0.1, 0.15) is 15.2 Å². The second-order valence-electron chi connectivity index (χ2n) is 8.79. The van der Waals surface area contributed by atoms with Crippen molar-refractivity contribution >= 4 is 30.6 Å². The van der Waals surface area contributed by atoms with Crippen LogP contribution < -0.4 is 5.32 Å². The molecule has 3 rings (SSSR count). The molecule has 1 unspecified atom stereocenters. The summed E-state index contributed by atoms with van der Waals surface area (Å²) < 4.78 is 27.1. The largest absolute Gasteiger partial charge is 0.444 e. The molecule has 1 N–H and O–H groups in total. The molecule has 0 aliphatic carbocycles. The molecular weight excluding hydrogens is 536 g/mol. The SMILES string of the molecule is CC(c1ccc(-c2ccccc2)c(F)c1)c1cc(I=C(NC(=O)OC(C)(C)C)N(C)C)on1. The minimum absolute atomic E-state index is 0.146. The Hall–Kier alpha value is -2.59. The lowest BCUT2D eigenvalue weighted by atomic mass is 9.95. The summed E-state index contributed by atoms with van der Waals surface area (Å²) in [5.41, 5.74) is 2.35. The maximum absolute atomic E-state index is 14.8. The van der Waals surface area contributed by atoms with Gasteiger partial charge in [-0.3, -0.25) is 10.2 Å². The molecule has 2 aromatic carbocycles. The lowest BCUT2D eigenvalue weighted by Gasteiger charge is -2.21. The van der Waals surface area contributed by atoms with E-state index in [4.69, 9.17) is 9.26 Å². The van der Waals surface area contributed by atoms with E-state index in [2.05, 4.69) is 10.5 Å². The summed E-state index contributed by atoms with van der Waals surface area (Å²) in [4.78, 5) is 14.0. The summed E-state index contributed by atoms with van der Waals surface area (Å²) in [6.07, 6.45) is -0.506. The van der Waals surface area contributed by atoms with E-state index in [1.54, 1.807) is 12.1 Å². The molecular formula is C25H29FIN3O3. The first kappa shape index (κ1) is 25.0. The Labute approximate surface area is 203 Å². The van der Waals surface area contributed by atoms with E-state index >= 15 is 0 Å². The molecule has 0 fully saturated rings. The van der Waals surface area contributed by atoms with Gasteiger partial charge in [0.2, 0.25) is 0 Å². The van der Waals surface area contributed by atoms with Gasteiger partial charge >= 0.3 is 6.09 Å². The lowest BCUT2D eigenvalue weighted by molar-refractivity contribution is 0.0560. The van der Waals surface area contributed by atoms with Crippen LogP contribution in [0.3, 0.4) is 0 Å². The summed E-state index contributed by atoms with van der Waals surface area (Å²) in [6.45, 7) is 7.41. The van der Waals surface area contributed by atoms with Crippen molar-refractivity contribution in [3.05, 3.63) is 75.4 Å². The van der Waals surface area contributed by atoms with Crippen molar-refractivity contribution in [2.75, 3.05) is 14.1 Å². The van der Waals surface area contributed by atoms with Gasteiger partial charge in [0.05, 0.1) is 5.69 Å². The van der Waals surface area contributed by atoms with Gasteiger partial charge < -0.3 is 9.26 Å². The van der Waals surface area contributed by atoms with Gasteiger partial charge in [-0.25, -0.2) is 9.18 Å². The van der Waals surface area contributed by atoms with E-state index < -0.39 is 32.4 Å². The fourth-order valence-corrected chi connectivity index (χ4v) is 5.05. The maximum atomic E-state index is 14.8. The third-order valence-corrected chi connectivity index (χ3v) is 7.49. The third-order valence-electron chi connectivity index (χ3n) is 4.70. The van der Waals surface area contributed by atoms with Gasteiger partial charge in [0.25, 0.3) is 0 Å². The molecule has 1 atom stereocenters. The molecule has 1 aromatic heterocycles. The molecule has 3 aromatic rings. The lowest BCUT2D eigenvalue weighted by Crippen LogP contribution is -2.41. The summed E-state index contributed by atoms with van der Waals surface area (Å²) in [7, 11) is 3.70. The van der Waals surface area contributed by atoms with E-state index in [0.29, 0.717) is 15.0 Å². The molecule has 6 nitrogen and oxygen atoms in total. The van der Waals surface area contributed by atoms with Crippen molar-refractivity contribution in [3.8, 4) is 11.1 Å². The molecule has 0 saturated carbocycles. The van der Waals surface area contributed by atoms with Gasteiger partial charge in [0, 0.05) is 17.5 Å². The first-order valence-electron chi connectivity index (χ1n) is 10.5. The highest BCUT2D eigenvalue weighted by Crippen LogP contribution is 2.30. The number of hydrogen-bond acceptors (Lipinski definition) is 5. The summed E-state index contributed by atoms with van der Waals surface area (Å²) >= 11 is -0.846. The quantitative estimate of drug-likeness (QED) is 0.375. The van der Waals surface area contributed by atoms with Crippen LogP contribution in [0.25, 0.3) is 11.1 Å². The standard InChI is InChI=1S/C25H29FIN3O3/c1-16(18-12-13-19(20(26)14-18)17-10-8-7-9-11-17)21-15-22(33-29-21)27-23(30(5)6)28-24(31)32-25(2,3)4/h7-16H,1-6H3,(H,28,31). The third kappa shape index (κ3) is 6.94. The number of alkyl carbamates (subject to hydrolysis) is 1. The predicted molar refractivity (Wildman–Crippen MR) is 137 cm³/mol. The van der Waals surface area contributed by atoms with Crippen molar-refractivity contribution < 1.29 is 18.4 Å². The Morgan fingerprint density at radius 3 is 2.45 bits per heavy atom. The molecule has 0 saturated heterocycles. The Morgan fingerprint density at radius 2 is 1.85 bits per heavy atom. The zero-order chi connectivity index (χ0) is 24.2. The molecule has 33 heavy (non-hydrogen) atoms. The topological polar surface area (TPSA) is 67.6 Å². The van der Waals surface area contributed by atoms with Crippen LogP contribution in [0.2, 0.25) is 0 Å². The molecule has 1 heterocycles. The van der Waals surface area contributed by atoms with Crippen molar-refractivity contribution in [2.45, 2.75) is 39.2 Å². The average Bonchev–Trinajstić information content (AvgIpc) is 3.20. The minimum atomic E-state index is -0.846. The van der Waals surface area contributed by atoms with Crippen LogP contribution in [0.15, 0.2) is 59.1 Å². The Kier molecular flexibility index (Phi) is 8.01. The Bertz CT molecular complexity index is 1140. The number of hydrogen-bond donors (Lipinski definition) is 1. The normalized spacial score (nSPS) is 13.4. The Morgan fingerprint density at radius 1 is 1.15 bits per heavy atom. The number of ether oxygens (including phenoxy) is 1. The van der Waals surface area contributed by atoms with Crippen LogP contribution in [-0.4, -0.2) is 39.6 Å². The van der Waals surface area contributed by atoms with Gasteiger partial charge in [-0.15, -0.1) is 0 Å². The number of nitrogens with zero attached hydrogens (tertiary/aromatic N) is 2. The molecule has 0 aliphatic rings. The zero-order valence-electron chi connectivity index (χ0n) is 19.6. The fraction of sp³-hybridized carbons (Fsp3) is 0.320. The van der Waals surface area contributed by atoms with E-state index in [0.717, 1.165) is 14.9 Å². The first-order chi connectivity index (χ1) is 15.5. The fourth-order valence-electron chi connectivity index (χ4n) is 3.03. The van der Waals surface area contributed by atoms with Crippen molar-refractivity contribution in [1.29, 1.82) is 0 Å². The number of amides is 1. The number of rotatable bonds is 6. The molecule has 1 amide bonds. The first-order valence-corrected chi connectivity index (χ1v) is 12.7. The highest BCUT2D eigenvalue weighted by atomic mass is 127. The maximum Gasteiger partial charge on any atom is 0.413 e. The highest BCUT2D eigenvalue weighted by Gasteiger charge is 2.20. The van der Waals surface area contributed by atoms with Gasteiger partial charge in [-0.1, -0.05) is 54.5 Å². The molecule has 8 heteroatoms. The highest BCUT2D eigenvalue weighted by molar-refractivity contribution is 14.2. The predicted octanol–water partition coefficient (Wildman–Crippen LogP) is 5.95. The monoisotopic (exact) mass is 565 g/mol. The second kappa shape index (κ2) is 10.6. The van der Waals surface area contributed by atoms with Crippen LogP contribution in [0, 0.1) is 9.58 Å². The number of carbonyl (C=O) groups is 1. The second-order valence-corrected chi connectivity index (χ2v) is 11.4. The van der Waals surface area contributed by atoms with Crippen LogP contribution >= 0.6 is 20.7 Å². The van der Waals surface area contributed by atoms with Crippen molar-refractivity contribution in [2.24, 2.45) is 0 Å². The van der Waals surface area contributed by atoms with Gasteiger partial charge in [0.15, 0.2) is 3.77 Å². The number of carbonyl (C=O) groups excluding carboxylic acids is 1. The van der Waals surface area contributed by atoms with Crippen molar-refractivity contribution in [1.82, 2.24) is 15.4 Å².